The van der Waals surface area contributed by atoms with E-state index in [2.05, 4.69) is 10.2 Å². The van der Waals surface area contributed by atoms with Gasteiger partial charge >= 0.3 is 6.09 Å². The number of amides is 4. The summed E-state index contributed by atoms with van der Waals surface area (Å²) in [6.45, 7) is 8.60. The molecule has 12 heteroatoms. The number of hydrogen-bond donors (Lipinski definition) is 1. The zero-order chi connectivity index (χ0) is 33.7. The number of rotatable bonds is 9. The van der Waals surface area contributed by atoms with Gasteiger partial charge in [-0.25, -0.2) is 4.79 Å². The minimum absolute atomic E-state index is 0.296. The lowest BCUT2D eigenvalue weighted by atomic mass is 10.1. The third kappa shape index (κ3) is 8.56. The molecule has 0 aliphatic carbocycles. The zero-order valence-electron chi connectivity index (χ0n) is 27.3. The molecular formula is C35H40N4O7S. The van der Waals surface area contributed by atoms with E-state index in [4.69, 9.17) is 14.3 Å². The highest BCUT2D eigenvalue weighted by atomic mass is 32.2. The average Bonchev–Trinajstić information content (AvgIpc) is 3.35. The van der Waals surface area contributed by atoms with Gasteiger partial charge in [0.2, 0.25) is 5.91 Å². The van der Waals surface area contributed by atoms with Crippen molar-refractivity contribution in [3.63, 3.8) is 0 Å². The lowest BCUT2D eigenvalue weighted by Gasteiger charge is -2.31. The average molecular weight is 661 g/mol. The fourth-order valence-corrected chi connectivity index (χ4v) is 6.18. The Hall–Kier alpha value is -4.71. The molecule has 248 valence electrons. The Morgan fingerprint density at radius 3 is 2.26 bits per heavy atom. The molecule has 2 fully saturated rings. The number of benzene rings is 3. The van der Waals surface area contributed by atoms with Crippen LogP contribution in [0.3, 0.4) is 0 Å². The molecule has 11 nitrogen and oxygen atoms in total. The summed E-state index contributed by atoms with van der Waals surface area (Å²) in [7, 11) is 1.56. The second kappa shape index (κ2) is 14.4. The second-order valence-electron chi connectivity index (χ2n) is 12.4. The highest BCUT2D eigenvalue weighted by Gasteiger charge is 2.32. The molecule has 0 radical (unpaired) electrons. The smallest absolute Gasteiger partial charge is 0.414 e. The van der Waals surface area contributed by atoms with E-state index in [1.54, 1.807) is 70.3 Å². The van der Waals surface area contributed by atoms with E-state index < -0.39 is 22.9 Å². The largest absolute Gasteiger partial charge is 0.455 e. The summed E-state index contributed by atoms with van der Waals surface area (Å²) in [5.41, 5.74) is 1.69. The molecule has 3 aromatic carbocycles. The molecule has 2 aliphatic rings. The molecule has 0 aromatic heterocycles. The van der Waals surface area contributed by atoms with Gasteiger partial charge in [-0.3, -0.25) is 24.6 Å². The van der Waals surface area contributed by atoms with Crippen LogP contribution >= 0.6 is 11.8 Å². The number of anilines is 3. The third-order valence-electron chi connectivity index (χ3n) is 7.58. The van der Waals surface area contributed by atoms with Crippen LogP contribution in [0.2, 0.25) is 0 Å². The number of para-hydroxylation sites is 2. The van der Waals surface area contributed by atoms with E-state index in [-0.39, 0.29) is 11.1 Å². The van der Waals surface area contributed by atoms with Crippen molar-refractivity contribution in [2.75, 3.05) is 35.0 Å². The molecule has 1 unspecified atom stereocenters. The fraction of sp³-hybridized carbons (Fsp3) is 0.371. The van der Waals surface area contributed by atoms with Crippen molar-refractivity contribution in [3.05, 3.63) is 72.3 Å². The summed E-state index contributed by atoms with van der Waals surface area (Å²) in [4.78, 5) is 59.5. The van der Waals surface area contributed by atoms with E-state index in [1.165, 1.54) is 18.2 Å². The van der Waals surface area contributed by atoms with Gasteiger partial charge < -0.3 is 19.2 Å². The zero-order valence-corrected chi connectivity index (χ0v) is 28.1. The standard InChI is InChI=1S/C35H40N4O7S/c1-23(40)39(46-25-15-13-24(14-16-25)21-31-32(41)36-33(42)47-31)27-18-17-26(22-29(27)37(5)34(43)45-35(2,3)4)44-30-12-8-7-11-28(30)38-19-9-6-10-20-38/h7-8,11-18,22,31H,6,9-10,19-21H2,1-5H3,(H,36,41,42). The van der Waals surface area contributed by atoms with E-state index in [0.29, 0.717) is 35.0 Å². The van der Waals surface area contributed by atoms with E-state index in [9.17, 15) is 19.2 Å². The van der Waals surface area contributed by atoms with Crippen molar-refractivity contribution in [2.45, 2.75) is 64.2 Å². The monoisotopic (exact) mass is 660 g/mol. The van der Waals surface area contributed by atoms with Gasteiger partial charge in [0, 0.05) is 33.1 Å². The van der Waals surface area contributed by atoms with Crippen LogP contribution in [0, 0.1) is 0 Å². The number of thioether (sulfide) groups is 1. The lowest BCUT2D eigenvalue weighted by Crippen LogP contribution is -2.37. The predicted octanol–water partition coefficient (Wildman–Crippen LogP) is 7.08. The third-order valence-corrected chi connectivity index (χ3v) is 8.56. The van der Waals surface area contributed by atoms with Crippen molar-refractivity contribution >= 4 is 52.0 Å². The summed E-state index contributed by atoms with van der Waals surface area (Å²) in [6.07, 6.45) is 3.20. The molecule has 5 rings (SSSR count). The first kappa shape index (κ1) is 33.6. The number of carbonyl (C=O) groups is 4. The van der Waals surface area contributed by atoms with Crippen LogP contribution in [0.5, 0.6) is 17.2 Å². The van der Waals surface area contributed by atoms with Gasteiger partial charge in [0.15, 0.2) is 11.5 Å². The molecule has 1 N–H and O–H groups in total. The Morgan fingerprint density at radius 1 is 0.936 bits per heavy atom. The first-order chi connectivity index (χ1) is 22.4. The molecule has 47 heavy (non-hydrogen) atoms. The number of nitrogens with one attached hydrogen (secondary N) is 1. The summed E-state index contributed by atoms with van der Waals surface area (Å²) in [5, 5.41) is 2.55. The van der Waals surface area contributed by atoms with E-state index >= 15 is 0 Å². The number of nitrogens with zero attached hydrogens (tertiary/aromatic N) is 3. The molecule has 2 heterocycles. The Kier molecular flexibility index (Phi) is 10.3. The van der Waals surface area contributed by atoms with Crippen LogP contribution in [-0.4, -0.2) is 54.1 Å². The second-order valence-corrected chi connectivity index (χ2v) is 13.6. The SMILES string of the molecule is CC(=O)N(Oc1ccc(CC2SC(=O)NC2=O)cc1)c1ccc(Oc2ccccc2N2CCCCC2)cc1N(C)C(=O)OC(C)(C)C. The van der Waals surface area contributed by atoms with Crippen LogP contribution in [0.1, 0.15) is 52.5 Å². The number of piperidine rings is 1. The van der Waals surface area contributed by atoms with Crippen LogP contribution in [0.25, 0.3) is 0 Å². The molecule has 1 atom stereocenters. The van der Waals surface area contributed by atoms with Crippen molar-refractivity contribution in [1.82, 2.24) is 5.32 Å². The van der Waals surface area contributed by atoms with E-state index in [0.717, 1.165) is 54.0 Å². The van der Waals surface area contributed by atoms with Gasteiger partial charge in [-0.15, -0.1) is 5.06 Å². The molecule has 0 spiro atoms. The topological polar surface area (TPSA) is 118 Å². The summed E-state index contributed by atoms with van der Waals surface area (Å²) in [5.74, 6) is 0.751. The minimum atomic E-state index is -0.753. The van der Waals surface area contributed by atoms with Gasteiger partial charge in [-0.1, -0.05) is 36.0 Å². The van der Waals surface area contributed by atoms with Crippen molar-refractivity contribution < 1.29 is 33.5 Å². The summed E-state index contributed by atoms with van der Waals surface area (Å²) in [6, 6.07) is 19.8. The molecule has 3 aromatic rings. The number of hydroxylamine groups is 1. The first-order valence-electron chi connectivity index (χ1n) is 15.6. The van der Waals surface area contributed by atoms with Crippen molar-refractivity contribution in [2.24, 2.45) is 0 Å². The van der Waals surface area contributed by atoms with Gasteiger partial charge in [-0.2, -0.15) is 0 Å². The quantitative estimate of drug-likeness (QED) is 0.240. The first-order valence-corrected chi connectivity index (χ1v) is 16.5. The summed E-state index contributed by atoms with van der Waals surface area (Å²) < 4.78 is 12.1. The highest BCUT2D eigenvalue weighted by molar-refractivity contribution is 8.15. The molecule has 0 bridgehead atoms. The normalized spacial score (nSPS) is 16.4. The van der Waals surface area contributed by atoms with E-state index in [1.807, 2.05) is 24.3 Å². The maximum absolute atomic E-state index is 13.3. The maximum Gasteiger partial charge on any atom is 0.414 e. The van der Waals surface area contributed by atoms with Crippen molar-refractivity contribution in [1.29, 1.82) is 0 Å². The molecular weight excluding hydrogens is 620 g/mol. The molecule has 2 aliphatic heterocycles. The Bertz CT molecular complexity index is 1630. The maximum atomic E-state index is 13.3. The Labute approximate surface area is 279 Å². The summed E-state index contributed by atoms with van der Waals surface area (Å²) >= 11 is 0.965. The van der Waals surface area contributed by atoms with Gasteiger partial charge in [-0.05, 0) is 88.4 Å². The Morgan fingerprint density at radius 2 is 1.62 bits per heavy atom. The van der Waals surface area contributed by atoms with Gasteiger partial charge in [0.1, 0.15) is 17.0 Å². The van der Waals surface area contributed by atoms with Gasteiger partial charge in [0.25, 0.3) is 11.1 Å². The van der Waals surface area contributed by atoms with Crippen LogP contribution in [-0.2, 0) is 20.7 Å². The van der Waals surface area contributed by atoms with Crippen LogP contribution in [0.15, 0.2) is 66.7 Å². The Balaban J connectivity index is 1.44. The van der Waals surface area contributed by atoms with Crippen LogP contribution in [0.4, 0.5) is 26.7 Å². The lowest BCUT2D eigenvalue weighted by molar-refractivity contribution is -0.120. The van der Waals surface area contributed by atoms with Crippen LogP contribution < -0.4 is 29.8 Å². The van der Waals surface area contributed by atoms with Crippen molar-refractivity contribution in [3.8, 4) is 17.2 Å². The molecule has 4 amide bonds. The highest BCUT2D eigenvalue weighted by Crippen LogP contribution is 2.39. The number of hydrogen-bond acceptors (Lipinski definition) is 9. The number of carbonyl (C=O) groups excluding carboxylic acids is 4. The number of ether oxygens (including phenoxy) is 2. The number of imide groups is 1. The predicted molar refractivity (Wildman–Crippen MR) is 183 cm³/mol. The van der Waals surface area contributed by atoms with Gasteiger partial charge in [0.05, 0.1) is 16.6 Å². The molecule has 2 saturated heterocycles. The molecule has 0 saturated carbocycles. The minimum Gasteiger partial charge on any atom is -0.455 e. The fourth-order valence-electron chi connectivity index (χ4n) is 5.32.